The van der Waals surface area contributed by atoms with Crippen LogP contribution < -0.4 is 15.0 Å². The maximum atomic E-state index is 12.5. The topological polar surface area (TPSA) is 93.0 Å². The second-order valence-electron chi connectivity index (χ2n) is 10.8. The fraction of sp³-hybridized carbons (Fsp3) is 0.483. The van der Waals surface area contributed by atoms with Gasteiger partial charge in [-0.2, -0.15) is 4.98 Å². The SMILES string of the molecule is CC(C)c1noc(N2CCC3(CC2)Oc2ccc(-c4ccc(NC(=O)N5CCOCC5)cc4)cc2C3C)n1. The molecule has 1 N–H and O–H groups in total. The Morgan fingerprint density at radius 3 is 2.42 bits per heavy atom. The molecule has 2 aromatic carbocycles. The zero-order valence-corrected chi connectivity index (χ0v) is 22.3. The summed E-state index contributed by atoms with van der Waals surface area (Å²) in [4.78, 5) is 21.0. The number of morpholine rings is 1. The van der Waals surface area contributed by atoms with Crippen molar-refractivity contribution in [2.45, 2.75) is 51.0 Å². The number of nitrogens with one attached hydrogen (secondary N) is 1. The highest BCUT2D eigenvalue weighted by Gasteiger charge is 2.48. The number of amides is 2. The lowest BCUT2D eigenvalue weighted by Gasteiger charge is -2.40. The van der Waals surface area contributed by atoms with E-state index in [0.717, 1.165) is 54.3 Å². The fourth-order valence-electron chi connectivity index (χ4n) is 5.67. The van der Waals surface area contributed by atoms with Gasteiger partial charge in [-0.3, -0.25) is 0 Å². The molecule has 4 heterocycles. The third-order valence-electron chi connectivity index (χ3n) is 8.17. The van der Waals surface area contributed by atoms with E-state index in [1.165, 1.54) is 5.56 Å². The van der Waals surface area contributed by atoms with Crippen LogP contribution in [0.15, 0.2) is 47.0 Å². The molecule has 3 aliphatic heterocycles. The first-order valence-corrected chi connectivity index (χ1v) is 13.6. The summed E-state index contributed by atoms with van der Waals surface area (Å²) in [5.41, 5.74) is 4.08. The minimum absolute atomic E-state index is 0.0830. The molecular weight excluding hydrogens is 482 g/mol. The van der Waals surface area contributed by atoms with Gasteiger partial charge in [-0.25, -0.2) is 4.79 Å². The van der Waals surface area contributed by atoms with Crippen LogP contribution in [0.1, 0.15) is 56.8 Å². The summed E-state index contributed by atoms with van der Waals surface area (Å²) in [7, 11) is 0. The maximum absolute atomic E-state index is 12.5. The molecule has 2 fully saturated rings. The van der Waals surface area contributed by atoms with Crippen molar-refractivity contribution in [3.05, 3.63) is 53.9 Å². The number of benzene rings is 2. The summed E-state index contributed by atoms with van der Waals surface area (Å²) >= 11 is 0. The average Bonchev–Trinajstić information content (AvgIpc) is 3.54. The highest BCUT2D eigenvalue weighted by atomic mass is 16.5. The number of urea groups is 1. The number of rotatable bonds is 4. The van der Waals surface area contributed by atoms with Gasteiger partial charge in [0.2, 0.25) is 0 Å². The highest BCUT2D eigenvalue weighted by Crippen LogP contribution is 2.50. The van der Waals surface area contributed by atoms with Gasteiger partial charge < -0.3 is 29.1 Å². The Bertz CT molecular complexity index is 1290. The maximum Gasteiger partial charge on any atom is 0.324 e. The van der Waals surface area contributed by atoms with Crippen molar-refractivity contribution < 1.29 is 18.8 Å². The molecule has 38 heavy (non-hydrogen) atoms. The van der Waals surface area contributed by atoms with Crippen LogP contribution in [0.3, 0.4) is 0 Å². The lowest BCUT2D eigenvalue weighted by Crippen LogP contribution is -2.48. The van der Waals surface area contributed by atoms with E-state index in [1.54, 1.807) is 4.90 Å². The quantitative estimate of drug-likeness (QED) is 0.505. The van der Waals surface area contributed by atoms with Crippen LogP contribution in [-0.4, -0.2) is 66.1 Å². The van der Waals surface area contributed by atoms with E-state index in [1.807, 2.05) is 12.1 Å². The van der Waals surface area contributed by atoms with Crippen molar-refractivity contribution in [2.24, 2.45) is 0 Å². The smallest absolute Gasteiger partial charge is 0.324 e. The molecule has 9 nitrogen and oxygen atoms in total. The second-order valence-corrected chi connectivity index (χ2v) is 10.8. The number of anilines is 2. The predicted molar refractivity (Wildman–Crippen MR) is 145 cm³/mol. The molecule has 1 unspecified atom stereocenters. The molecule has 2 amide bonds. The van der Waals surface area contributed by atoms with Gasteiger partial charge in [0.15, 0.2) is 5.82 Å². The van der Waals surface area contributed by atoms with Crippen molar-refractivity contribution in [2.75, 3.05) is 49.6 Å². The van der Waals surface area contributed by atoms with Crippen LogP contribution in [0, 0.1) is 0 Å². The molecule has 1 spiro atoms. The minimum atomic E-state index is -0.216. The Balaban J connectivity index is 1.12. The number of nitrogens with zero attached hydrogens (tertiary/aromatic N) is 4. The van der Waals surface area contributed by atoms with E-state index in [9.17, 15) is 4.79 Å². The van der Waals surface area contributed by atoms with Crippen molar-refractivity contribution in [1.82, 2.24) is 15.0 Å². The first-order chi connectivity index (χ1) is 18.4. The molecule has 0 bridgehead atoms. The molecule has 0 radical (unpaired) electrons. The number of fused-ring (bicyclic) bond motifs is 1. The minimum Gasteiger partial charge on any atom is -0.486 e. The standard InChI is InChI=1S/C29H35N5O4/c1-19(2)26-31-28(38-32-26)34-12-10-29(11-13-34)20(3)24-18-22(6-9-25(24)37-29)21-4-7-23(8-5-21)30-27(35)33-14-16-36-17-15-33/h4-9,18-20H,10-17H2,1-3H3,(H,30,35). The zero-order valence-electron chi connectivity index (χ0n) is 22.3. The summed E-state index contributed by atoms with van der Waals surface area (Å²) in [6, 6.07) is 15.0. The number of carbonyl (C=O) groups is 1. The Kier molecular flexibility index (Phi) is 6.47. The number of carbonyl (C=O) groups excluding carboxylic acids is 1. The molecule has 6 rings (SSSR count). The molecule has 200 valence electrons. The number of aromatic nitrogens is 2. The van der Waals surface area contributed by atoms with Gasteiger partial charge in [0.05, 0.1) is 13.2 Å². The molecular formula is C29H35N5O4. The van der Waals surface area contributed by atoms with Gasteiger partial charge in [0.25, 0.3) is 0 Å². The number of ether oxygens (including phenoxy) is 2. The molecule has 3 aliphatic rings. The van der Waals surface area contributed by atoms with Crippen LogP contribution in [0.2, 0.25) is 0 Å². The second kappa shape index (κ2) is 9.94. The number of hydrogen-bond donors (Lipinski definition) is 1. The number of piperidine rings is 1. The monoisotopic (exact) mass is 517 g/mol. The average molecular weight is 518 g/mol. The Morgan fingerprint density at radius 1 is 1.03 bits per heavy atom. The van der Waals surface area contributed by atoms with E-state index in [-0.39, 0.29) is 23.5 Å². The Hall–Kier alpha value is -3.59. The third kappa shape index (κ3) is 4.60. The van der Waals surface area contributed by atoms with Crippen molar-refractivity contribution >= 4 is 17.7 Å². The largest absolute Gasteiger partial charge is 0.486 e. The van der Waals surface area contributed by atoms with Crippen molar-refractivity contribution in [1.29, 1.82) is 0 Å². The van der Waals surface area contributed by atoms with E-state index in [4.69, 9.17) is 14.0 Å². The van der Waals surface area contributed by atoms with Crippen LogP contribution in [-0.2, 0) is 4.74 Å². The Labute approximate surface area is 223 Å². The van der Waals surface area contributed by atoms with Crippen LogP contribution in [0.5, 0.6) is 5.75 Å². The first kappa shape index (κ1) is 24.7. The van der Waals surface area contributed by atoms with Gasteiger partial charge in [-0.15, -0.1) is 0 Å². The summed E-state index contributed by atoms with van der Waals surface area (Å²) in [6.07, 6.45) is 1.80. The molecule has 1 atom stereocenters. The van der Waals surface area contributed by atoms with Crippen molar-refractivity contribution in [3.8, 4) is 16.9 Å². The molecule has 2 saturated heterocycles. The van der Waals surface area contributed by atoms with Gasteiger partial charge in [0, 0.05) is 62.1 Å². The first-order valence-electron chi connectivity index (χ1n) is 13.6. The van der Waals surface area contributed by atoms with E-state index >= 15 is 0 Å². The van der Waals surface area contributed by atoms with Gasteiger partial charge >= 0.3 is 12.0 Å². The molecule has 1 aromatic heterocycles. The molecule has 0 saturated carbocycles. The van der Waals surface area contributed by atoms with Gasteiger partial charge in [-0.1, -0.05) is 44.1 Å². The van der Waals surface area contributed by atoms with Crippen LogP contribution in [0.4, 0.5) is 16.5 Å². The van der Waals surface area contributed by atoms with Crippen LogP contribution >= 0.6 is 0 Å². The van der Waals surface area contributed by atoms with Gasteiger partial charge in [0.1, 0.15) is 11.4 Å². The zero-order chi connectivity index (χ0) is 26.3. The lowest BCUT2D eigenvalue weighted by molar-refractivity contribution is 0.0455. The Morgan fingerprint density at radius 2 is 1.74 bits per heavy atom. The highest BCUT2D eigenvalue weighted by molar-refractivity contribution is 5.89. The lowest BCUT2D eigenvalue weighted by atomic mass is 9.78. The van der Waals surface area contributed by atoms with E-state index in [2.05, 4.69) is 71.5 Å². The van der Waals surface area contributed by atoms with Crippen molar-refractivity contribution in [3.63, 3.8) is 0 Å². The molecule has 0 aliphatic carbocycles. The van der Waals surface area contributed by atoms with Gasteiger partial charge in [-0.05, 0) is 35.4 Å². The summed E-state index contributed by atoms with van der Waals surface area (Å²) in [5, 5.41) is 7.11. The van der Waals surface area contributed by atoms with E-state index in [0.29, 0.717) is 32.3 Å². The summed E-state index contributed by atoms with van der Waals surface area (Å²) < 4.78 is 17.5. The molecule has 3 aromatic rings. The third-order valence-corrected chi connectivity index (χ3v) is 8.17. The molecule has 9 heteroatoms. The number of hydrogen-bond acceptors (Lipinski definition) is 7. The fourth-order valence-corrected chi connectivity index (χ4v) is 5.67. The normalized spacial score (nSPS) is 20.5. The summed E-state index contributed by atoms with van der Waals surface area (Å²) in [6.45, 7) is 10.5. The van der Waals surface area contributed by atoms with E-state index < -0.39 is 0 Å². The van der Waals surface area contributed by atoms with Crippen LogP contribution in [0.25, 0.3) is 11.1 Å². The summed E-state index contributed by atoms with van der Waals surface area (Å²) in [5.74, 6) is 2.25. The predicted octanol–water partition coefficient (Wildman–Crippen LogP) is 5.26.